The first-order valence-electron chi connectivity index (χ1n) is 11.1. The summed E-state index contributed by atoms with van der Waals surface area (Å²) < 4.78 is 13.3. The lowest BCUT2D eigenvalue weighted by atomic mass is 10.0. The molecule has 1 fully saturated rings. The number of rotatable bonds is 3. The summed E-state index contributed by atoms with van der Waals surface area (Å²) in [5, 5.41) is 0.887. The fourth-order valence-corrected chi connectivity index (χ4v) is 4.81. The van der Waals surface area contributed by atoms with Crippen LogP contribution in [0.4, 0.5) is 5.82 Å². The Morgan fingerprint density at radius 2 is 1.64 bits per heavy atom. The Morgan fingerprint density at radius 3 is 2.36 bits per heavy atom. The lowest BCUT2D eigenvalue weighted by Crippen LogP contribution is -2.49. The van der Waals surface area contributed by atoms with Gasteiger partial charge in [0.05, 0.1) is 16.8 Å². The molecule has 4 aromatic rings. The number of carbonyl (C=O) groups excluding carboxylic acids is 1. The van der Waals surface area contributed by atoms with Gasteiger partial charge in [-0.25, -0.2) is 4.98 Å². The van der Waals surface area contributed by atoms with Crippen LogP contribution in [0.25, 0.3) is 22.2 Å². The van der Waals surface area contributed by atoms with Crippen LogP contribution in [-0.2, 0) is 7.05 Å². The van der Waals surface area contributed by atoms with E-state index >= 15 is 0 Å². The van der Waals surface area contributed by atoms with Gasteiger partial charge in [-0.2, -0.15) is 0 Å². The maximum Gasteiger partial charge on any atom is 0.256 e. The number of aryl methyl sites for hydroxylation is 1. The number of amides is 1. The SMILES string of the molecule is Cn1c(-c2ccccc2)c(C(=O)N2CCN(c3ccccn3)CC2)c2cc3c(cc21)OCO3. The first kappa shape index (κ1) is 19.7. The van der Waals surface area contributed by atoms with E-state index in [1.54, 1.807) is 6.20 Å². The van der Waals surface area contributed by atoms with Crippen molar-refractivity contribution in [3.63, 3.8) is 0 Å². The Labute approximate surface area is 191 Å². The van der Waals surface area contributed by atoms with Gasteiger partial charge in [0.25, 0.3) is 5.91 Å². The number of aromatic nitrogens is 2. The maximum absolute atomic E-state index is 14.0. The second-order valence-electron chi connectivity index (χ2n) is 8.34. The monoisotopic (exact) mass is 440 g/mol. The van der Waals surface area contributed by atoms with Crippen LogP contribution < -0.4 is 14.4 Å². The van der Waals surface area contributed by atoms with E-state index in [9.17, 15) is 4.79 Å². The number of benzene rings is 2. The molecular formula is C26H24N4O3. The smallest absolute Gasteiger partial charge is 0.256 e. The van der Waals surface area contributed by atoms with E-state index in [4.69, 9.17) is 9.47 Å². The van der Waals surface area contributed by atoms with Crippen LogP contribution in [0.1, 0.15) is 10.4 Å². The molecule has 0 aliphatic carbocycles. The lowest BCUT2D eigenvalue weighted by Gasteiger charge is -2.35. The number of hydrogen-bond donors (Lipinski definition) is 0. The molecule has 2 aliphatic rings. The van der Waals surface area contributed by atoms with Gasteiger partial charge in [-0.05, 0) is 23.8 Å². The van der Waals surface area contributed by atoms with Crippen LogP contribution in [0.5, 0.6) is 11.5 Å². The number of hydrogen-bond acceptors (Lipinski definition) is 5. The summed E-state index contributed by atoms with van der Waals surface area (Å²) >= 11 is 0. The predicted octanol–water partition coefficient (Wildman–Crippen LogP) is 3.93. The van der Waals surface area contributed by atoms with Gasteiger partial charge in [-0.15, -0.1) is 0 Å². The van der Waals surface area contributed by atoms with Gasteiger partial charge in [0.2, 0.25) is 6.79 Å². The van der Waals surface area contributed by atoms with Crippen LogP contribution >= 0.6 is 0 Å². The van der Waals surface area contributed by atoms with E-state index in [1.807, 2.05) is 72.6 Å². The van der Waals surface area contributed by atoms with E-state index < -0.39 is 0 Å². The van der Waals surface area contributed by atoms with E-state index in [1.165, 1.54) is 0 Å². The molecule has 6 rings (SSSR count). The number of piperazine rings is 1. The third kappa shape index (κ3) is 3.28. The van der Waals surface area contributed by atoms with Crippen LogP contribution in [0.3, 0.4) is 0 Å². The van der Waals surface area contributed by atoms with Gasteiger partial charge in [-0.3, -0.25) is 4.79 Å². The highest BCUT2D eigenvalue weighted by Crippen LogP contribution is 2.41. The van der Waals surface area contributed by atoms with Gasteiger partial charge in [0, 0.05) is 50.9 Å². The largest absolute Gasteiger partial charge is 0.454 e. The molecule has 1 amide bonds. The fourth-order valence-electron chi connectivity index (χ4n) is 4.81. The van der Waals surface area contributed by atoms with Crippen molar-refractivity contribution in [1.82, 2.24) is 14.5 Å². The number of anilines is 1. The molecular weight excluding hydrogens is 416 g/mol. The molecule has 7 heteroatoms. The van der Waals surface area contributed by atoms with Gasteiger partial charge >= 0.3 is 0 Å². The first-order valence-corrected chi connectivity index (χ1v) is 11.1. The van der Waals surface area contributed by atoms with E-state index in [2.05, 4.69) is 14.5 Å². The molecule has 0 N–H and O–H groups in total. The van der Waals surface area contributed by atoms with Crippen molar-refractivity contribution < 1.29 is 14.3 Å². The molecule has 2 aromatic heterocycles. The summed E-state index contributed by atoms with van der Waals surface area (Å²) in [6, 6.07) is 19.9. The van der Waals surface area contributed by atoms with Crippen molar-refractivity contribution in [1.29, 1.82) is 0 Å². The molecule has 166 valence electrons. The third-order valence-electron chi connectivity index (χ3n) is 6.50. The topological polar surface area (TPSA) is 59.8 Å². The molecule has 0 bridgehead atoms. The predicted molar refractivity (Wildman–Crippen MR) is 127 cm³/mol. The minimum absolute atomic E-state index is 0.0407. The molecule has 1 saturated heterocycles. The number of fused-ring (bicyclic) bond motifs is 2. The molecule has 7 nitrogen and oxygen atoms in total. The van der Waals surface area contributed by atoms with Crippen molar-refractivity contribution in [3.05, 3.63) is 72.4 Å². The van der Waals surface area contributed by atoms with Crippen molar-refractivity contribution in [3.8, 4) is 22.8 Å². The summed E-state index contributed by atoms with van der Waals surface area (Å²) in [7, 11) is 2.00. The lowest BCUT2D eigenvalue weighted by molar-refractivity contribution is 0.0749. The summed E-state index contributed by atoms with van der Waals surface area (Å²) in [4.78, 5) is 22.6. The second-order valence-corrected chi connectivity index (χ2v) is 8.34. The van der Waals surface area contributed by atoms with E-state index in [0.29, 0.717) is 30.2 Å². The zero-order valence-corrected chi connectivity index (χ0v) is 18.4. The highest BCUT2D eigenvalue weighted by atomic mass is 16.7. The molecule has 0 unspecified atom stereocenters. The molecule has 0 atom stereocenters. The molecule has 2 aromatic carbocycles. The van der Waals surface area contributed by atoms with Crippen LogP contribution in [0, 0.1) is 0 Å². The maximum atomic E-state index is 14.0. The molecule has 0 saturated carbocycles. The van der Waals surface area contributed by atoms with Crippen molar-refractivity contribution in [2.45, 2.75) is 0 Å². The molecule has 0 radical (unpaired) electrons. The Kier molecular flexibility index (Phi) is 4.68. The van der Waals surface area contributed by atoms with Gasteiger partial charge in [-0.1, -0.05) is 36.4 Å². The summed E-state index contributed by atoms with van der Waals surface area (Å²) in [5.41, 5.74) is 3.58. The quantitative estimate of drug-likeness (QED) is 0.483. The Hall–Kier alpha value is -4.00. The van der Waals surface area contributed by atoms with Crippen LogP contribution in [-0.4, -0.2) is 53.3 Å². The molecule has 2 aliphatic heterocycles. The Balaban J connectivity index is 1.40. The minimum Gasteiger partial charge on any atom is -0.454 e. The average molecular weight is 441 g/mol. The minimum atomic E-state index is 0.0407. The molecule has 0 spiro atoms. The van der Waals surface area contributed by atoms with Crippen molar-refractivity contribution in [2.24, 2.45) is 7.05 Å². The van der Waals surface area contributed by atoms with Crippen LogP contribution in [0.2, 0.25) is 0 Å². The normalized spacial score (nSPS) is 15.3. The number of carbonyl (C=O) groups is 1. The third-order valence-corrected chi connectivity index (χ3v) is 6.50. The average Bonchev–Trinajstić information content (AvgIpc) is 3.45. The number of ether oxygens (including phenoxy) is 2. The zero-order valence-electron chi connectivity index (χ0n) is 18.4. The molecule has 4 heterocycles. The summed E-state index contributed by atoms with van der Waals surface area (Å²) in [5.74, 6) is 2.39. The summed E-state index contributed by atoms with van der Waals surface area (Å²) in [6.07, 6.45) is 1.80. The van der Waals surface area contributed by atoms with Gasteiger partial charge in [0.1, 0.15) is 5.82 Å². The van der Waals surface area contributed by atoms with Gasteiger partial charge < -0.3 is 23.8 Å². The Morgan fingerprint density at radius 1 is 0.909 bits per heavy atom. The number of nitrogens with zero attached hydrogens (tertiary/aromatic N) is 4. The van der Waals surface area contributed by atoms with E-state index in [0.717, 1.165) is 41.1 Å². The van der Waals surface area contributed by atoms with Gasteiger partial charge in [0.15, 0.2) is 11.5 Å². The standard InChI is InChI=1S/C26H24N4O3/c1-28-20-16-22-21(32-17-33-22)15-19(20)24(25(28)18-7-3-2-4-8-18)26(31)30-13-11-29(12-14-30)23-9-5-6-10-27-23/h2-10,15-16H,11-14,17H2,1H3. The highest BCUT2D eigenvalue weighted by Gasteiger charge is 2.30. The highest BCUT2D eigenvalue weighted by molar-refractivity contribution is 6.13. The summed E-state index contributed by atoms with van der Waals surface area (Å²) in [6.45, 7) is 2.99. The number of pyridine rings is 1. The fraction of sp³-hybridized carbons (Fsp3) is 0.231. The first-order chi connectivity index (χ1) is 16.2. The second kappa shape index (κ2) is 7.85. The van der Waals surface area contributed by atoms with E-state index in [-0.39, 0.29) is 12.7 Å². The van der Waals surface area contributed by atoms with Crippen LogP contribution in [0.15, 0.2) is 66.9 Å². The van der Waals surface area contributed by atoms with Crippen molar-refractivity contribution in [2.75, 3.05) is 37.9 Å². The van der Waals surface area contributed by atoms with Crippen molar-refractivity contribution >= 4 is 22.6 Å². The molecule has 33 heavy (non-hydrogen) atoms. The Bertz CT molecular complexity index is 1330. The zero-order chi connectivity index (χ0) is 22.4.